The van der Waals surface area contributed by atoms with E-state index in [-0.39, 0.29) is 5.97 Å². The van der Waals surface area contributed by atoms with Gasteiger partial charge in [-0.05, 0) is 19.8 Å². The molecule has 0 bridgehead atoms. The molecule has 0 aliphatic carbocycles. The number of aliphatic carboxylic acids is 1. The first-order valence-electron chi connectivity index (χ1n) is 5.97. The summed E-state index contributed by atoms with van der Waals surface area (Å²) in [6.07, 6.45) is 2.65. The summed E-state index contributed by atoms with van der Waals surface area (Å²) in [4.78, 5) is 22.8. The van der Waals surface area contributed by atoms with Gasteiger partial charge in [0, 0.05) is 0 Å². The van der Waals surface area contributed by atoms with Gasteiger partial charge in [0.1, 0.15) is 0 Å². The van der Waals surface area contributed by atoms with Crippen LogP contribution in [0.15, 0.2) is 0 Å². The number of rotatable bonds is 8. The van der Waals surface area contributed by atoms with Crippen LogP contribution in [0.5, 0.6) is 0 Å². The summed E-state index contributed by atoms with van der Waals surface area (Å²) < 4.78 is 4.93. The van der Waals surface area contributed by atoms with Crippen LogP contribution >= 0.6 is 0 Å². The first-order valence-corrected chi connectivity index (χ1v) is 5.97. The maximum Gasteiger partial charge on any atom is 0.309 e. The molecule has 0 aromatic rings. The topological polar surface area (TPSA) is 63.6 Å². The maximum atomic E-state index is 11.7. The number of ether oxygens (including phenoxy) is 1. The van der Waals surface area contributed by atoms with Gasteiger partial charge in [-0.25, -0.2) is 0 Å². The Bertz CT molecular complexity index is 225. The summed E-state index contributed by atoms with van der Waals surface area (Å²) in [5.41, 5.74) is 0. The van der Waals surface area contributed by atoms with Crippen LogP contribution in [0, 0.1) is 11.8 Å². The quantitative estimate of drug-likeness (QED) is 0.650. The highest BCUT2D eigenvalue weighted by Crippen LogP contribution is 2.24. The van der Waals surface area contributed by atoms with Crippen LogP contribution in [0.2, 0.25) is 0 Å². The summed E-state index contributed by atoms with van der Waals surface area (Å²) in [5.74, 6) is -2.37. The Morgan fingerprint density at radius 3 is 1.94 bits per heavy atom. The van der Waals surface area contributed by atoms with Gasteiger partial charge < -0.3 is 9.84 Å². The number of carbonyl (C=O) groups is 2. The summed E-state index contributed by atoms with van der Waals surface area (Å²) in [6, 6.07) is 0. The van der Waals surface area contributed by atoms with Crippen LogP contribution in [0.4, 0.5) is 0 Å². The van der Waals surface area contributed by atoms with Crippen molar-refractivity contribution in [2.24, 2.45) is 11.8 Å². The number of carbonyl (C=O) groups excluding carboxylic acids is 1. The van der Waals surface area contributed by atoms with E-state index in [0.29, 0.717) is 19.4 Å². The number of esters is 1. The van der Waals surface area contributed by atoms with Crippen molar-refractivity contribution in [3.8, 4) is 0 Å². The molecule has 4 nitrogen and oxygen atoms in total. The van der Waals surface area contributed by atoms with E-state index in [1.807, 2.05) is 13.8 Å². The van der Waals surface area contributed by atoms with E-state index in [9.17, 15) is 9.59 Å². The van der Waals surface area contributed by atoms with Crippen molar-refractivity contribution < 1.29 is 19.4 Å². The molecule has 0 aliphatic rings. The predicted octanol–water partition coefficient (Wildman–Crippen LogP) is 2.47. The van der Waals surface area contributed by atoms with E-state index in [4.69, 9.17) is 9.84 Å². The Morgan fingerprint density at radius 1 is 1.06 bits per heavy atom. The number of carboxylic acids is 1. The standard InChI is InChI=1S/C12H22O4/c1-4-7-9(11(13)14)10(8-5-2)12(15)16-6-3/h9-10H,4-8H2,1-3H3,(H,13,14)/t9-,10-/m1/s1. The third kappa shape index (κ3) is 4.64. The van der Waals surface area contributed by atoms with Crippen LogP contribution in [-0.4, -0.2) is 23.7 Å². The molecule has 0 aromatic carbocycles. The van der Waals surface area contributed by atoms with Crippen LogP contribution < -0.4 is 0 Å². The summed E-state index contributed by atoms with van der Waals surface area (Å²) in [6.45, 7) is 5.90. The molecule has 2 atom stereocenters. The highest BCUT2D eigenvalue weighted by atomic mass is 16.5. The fourth-order valence-corrected chi connectivity index (χ4v) is 1.85. The Balaban J connectivity index is 4.68. The van der Waals surface area contributed by atoms with E-state index >= 15 is 0 Å². The second-order valence-electron chi connectivity index (χ2n) is 3.88. The van der Waals surface area contributed by atoms with Crippen molar-refractivity contribution in [2.75, 3.05) is 6.61 Å². The zero-order valence-corrected chi connectivity index (χ0v) is 10.4. The van der Waals surface area contributed by atoms with Crippen LogP contribution in [-0.2, 0) is 14.3 Å². The zero-order valence-electron chi connectivity index (χ0n) is 10.4. The lowest BCUT2D eigenvalue weighted by atomic mass is 9.85. The van der Waals surface area contributed by atoms with Crippen molar-refractivity contribution in [1.29, 1.82) is 0 Å². The summed E-state index contributed by atoms with van der Waals surface area (Å²) in [5, 5.41) is 9.11. The summed E-state index contributed by atoms with van der Waals surface area (Å²) >= 11 is 0. The molecule has 0 amide bonds. The molecule has 0 radical (unpaired) electrons. The van der Waals surface area contributed by atoms with Crippen LogP contribution in [0.25, 0.3) is 0 Å². The molecule has 0 rings (SSSR count). The minimum atomic E-state index is -0.895. The van der Waals surface area contributed by atoms with E-state index in [1.54, 1.807) is 6.92 Å². The van der Waals surface area contributed by atoms with E-state index < -0.39 is 17.8 Å². The van der Waals surface area contributed by atoms with E-state index in [1.165, 1.54) is 0 Å². The fourth-order valence-electron chi connectivity index (χ4n) is 1.85. The van der Waals surface area contributed by atoms with Gasteiger partial charge in [0.25, 0.3) is 0 Å². The van der Waals surface area contributed by atoms with Gasteiger partial charge in [-0.15, -0.1) is 0 Å². The molecule has 0 saturated carbocycles. The molecule has 0 spiro atoms. The van der Waals surface area contributed by atoms with E-state index in [2.05, 4.69) is 0 Å². The minimum absolute atomic E-state index is 0.303. The Hall–Kier alpha value is -1.06. The Morgan fingerprint density at radius 2 is 1.56 bits per heavy atom. The van der Waals surface area contributed by atoms with Crippen molar-refractivity contribution >= 4 is 11.9 Å². The number of hydrogen-bond acceptors (Lipinski definition) is 3. The van der Waals surface area contributed by atoms with Gasteiger partial charge in [0.15, 0.2) is 0 Å². The zero-order chi connectivity index (χ0) is 12.6. The van der Waals surface area contributed by atoms with Gasteiger partial charge in [0.2, 0.25) is 0 Å². The Labute approximate surface area is 97.0 Å². The van der Waals surface area contributed by atoms with Crippen molar-refractivity contribution in [3.05, 3.63) is 0 Å². The molecule has 94 valence electrons. The predicted molar refractivity (Wildman–Crippen MR) is 61.1 cm³/mol. The smallest absolute Gasteiger partial charge is 0.309 e. The largest absolute Gasteiger partial charge is 0.481 e. The SMILES string of the molecule is CCC[C@@H](C(=O)O)[C@@H](CCC)C(=O)OCC. The second-order valence-corrected chi connectivity index (χ2v) is 3.88. The molecule has 0 fully saturated rings. The lowest BCUT2D eigenvalue weighted by Gasteiger charge is -2.21. The monoisotopic (exact) mass is 230 g/mol. The number of hydrogen-bond donors (Lipinski definition) is 1. The third-order valence-electron chi connectivity index (χ3n) is 2.59. The highest BCUT2D eigenvalue weighted by molar-refractivity contribution is 5.81. The van der Waals surface area contributed by atoms with Gasteiger partial charge in [-0.1, -0.05) is 26.7 Å². The molecule has 0 aliphatic heterocycles. The van der Waals surface area contributed by atoms with E-state index in [0.717, 1.165) is 12.8 Å². The molecule has 16 heavy (non-hydrogen) atoms. The van der Waals surface area contributed by atoms with Crippen LogP contribution in [0.3, 0.4) is 0 Å². The normalized spacial score (nSPS) is 14.2. The molecule has 0 unspecified atom stereocenters. The van der Waals surface area contributed by atoms with Gasteiger partial charge in [0.05, 0.1) is 18.4 Å². The molecular formula is C12H22O4. The van der Waals surface area contributed by atoms with Crippen molar-refractivity contribution in [1.82, 2.24) is 0 Å². The van der Waals surface area contributed by atoms with Gasteiger partial charge in [-0.2, -0.15) is 0 Å². The minimum Gasteiger partial charge on any atom is -0.481 e. The van der Waals surface area contributed by atoms with Gasteiger partial charge >= 0.3 is 11.9 Å². The first kappa shape index (κ1) is 14.9. The number of carboxylic acid groups (broad SMARTS) is 1. The molecular weight excluding hydrogens is 208 g/mol. The van der Waals surface area contributed by atoms with Crippen molar-refractivity contribution in [3.63, 3.8) is 0 Å². The highest BCUT2D eigenvalue weighted by Gasteiger charge is 2.33. The van der Waals surface area contributed by atoms with Crippen molar-refractivity contribution in [2.45, 2.75) is 46.5 Å². The van der Waals surface area contributed by atoms with Crippen LogP contribution in [0.1, 0.15) is 46.5 Å². The molecule has 0 saturated heterocycles. The molecule has 0 aromatic heterocycles. The Kier molecular flexibility index (Phi) is 7.60. The second kappa shape index (κ2) is 8.13. The molecule has 1 N–H and O–H groups in total. The third-order valence-corrected chi connectivity index (χ3v) is 2.59. The van der Waals surface area contributed by atoms with Gasteiger partial charge in [-0.3, -0.25) is 9.59 Å². The molecule has 0 heterocycles. The maximum absolute atomic E-state index is 11.7. The lowest BCUT2D eigenvalue weighted by Crippen LogP contribution is -2.31. The average molecular weight is 230 g/mol. The molecule has 4 heteroatoms. The average Bonchev–Trinajstić information content (AvgIpc) is 2.23. The first-order chi connectivity index (χ1) is 7.58. The lowest BCUT2D eigenvalue weighted by molar-refractivity contribution is -0.158. The summed E-state index contributed by atoms with van der Waals surface area (Å²) in [7, 11) is 0. The fraction of sp³-hybridized carbons (Fsp3) is 0.833.